The molecule has 0 aliphatic carbocycles. The van der Waals surface area contributed by atoms with Crippen LogP contribution < -0.4 is 15.8 Å². The fourth-order valence-electron chi connectivity index (χ4n) is 2.76. The summed E-state index contributed by atoms with van der Waals surface area (Å²) in [5.74, 6) is -2.29. The Labute approximate surface area is 172 Å². The van der Waals surface area contributed by atoms with Crippen molar-refractivity contribution in [3.05, 3.63) is 59.7 Å². The molecular weight excluding hydrogens is 398 g/mol. The standard InChI is InChI=1S/C20H22F2N4O4/c1-26(20(23)24)18(28)17(12-6-8-15(9-7-12)30-19(21)22)13-4-3-5-14(10-13)25-16(27)11-29-2/h3-10,17,19H,11H2,1-2H3,(H3,23,24)(H,25,27). The molecule has 0 aliphatic heterocycles. The molecule has 30 heavy (non-hydrogen) atoms. The third kappa shape index (κ3) is 5.98. The SMILES string of the molecule is COCC(=O)Nc1cccc(C(C(=O)N(C)C(=N)N)c2ccc(OC(F)F)cc2)c1. The van der Waals surface area contributed by atoms with Crippen LogP contribution in [-0.2, 0) is 14.3 Å². The van der Waals surface area contributed by atoms with Crippen LogP contribution in [0.3, 0.4) is 0 Å². The van der Waals surface area contributed by atoms with E-state index < -0.39 is 24.4 Å². The van der Waals surface area contributed by atoms with Crippen molar-refractivity contribution >= 4 is 23.5 Å². The summed E-state index contributed by atoms with van der Waals surface area (Å²) < 4.78 is 33.9. The highest BCUT2D eigenvalue weighted by Crippen LogP contribution is 2.30. The molecule has 2 amide bonds. The number of nitrogens with one attached hydrogen (secondary N) is 2. The van der Waals surface area contributed by atoms with Gasteiger partial charge < -0.3 is 20.5 Å². The molecule has 0 radical (unpaired) electrons. The van der Waals surface area contributed by atoms with E-state index in [1.165, 1.54) is 38.4 Å². The van der Waals surface area contributed by atoms with Gasteiger partial charge in [-0.1, -0.05) is 24.3 Å². The molecule has 10 heteroatoms. The van der Waals surface area contributed by atoms with Gasteiger partial charge in [-0.05, 0) is 35.4 Å². The van der Waals surface area contributed by atoms with E-state index in [1.54, 1.807) is 24.3 Å². The Bertz CT molecular complexity index is 906. The topological polar surface area (TPSA) is 118 Å². The highest BCUT2D eigenvalue weighted by molar-refractivity contribution is 5.99. The van der Waals surface area contributed by atoms with Gasteiger partial charge in [0.2, 0.25) is 11.8 Å². The van der Waals surface area contributed by atoms with E-state index in [4.69, 9.17) is 15.9 Å². The van der Waals surface area contributed by atoms with Crippen molar-refractivity contribution in [2.24, 2.45) is 5.73 Å². The number of halogens is 2. The minimum Gasteiger partial charge on any atom is -0.435 e. The van der Waals surface area contributed by atoms with Gasteiger partial charge in [0.05, 0.1) is 5.92 Å². The molecule has 0 fully saturated rings. The minimum absolute atomic E-state index is 0.0551. The smallest absolute Gasteiger partial charge is 0.387 e. The van der Waals surface area contributed by atoms with Gasteiger partial charge in [-0.2, -0.15) is 8.78 Å². The number of anilines is 1. The maximum Gasteiger partial charge on any atom is 0.387 e. The first-order valence-electron chi connectivity index (χ1n) is 8.78. The van der Waals surface area contributed by atoms with Crippen LogP contribution >= 0.6 is 0 Å². The van der Waals surface area contributed by atoms with Crippen molar-refractivity contribution in [1.29, 1.82) is 5.41 Å². The molecule has 1 atom stereocenters. The quantitative estimate of drug-likeness (QED) is 0.448. The van der Waals surface area contributed by atoms with Crippen molar-refractivity contribution in [1.82, 2.24) is 4.90 Å². The molecule has 0 aliphatic rings. The van der Waals surface area contributed by atoms with Crippen LogP contribution in [0.2, 0.25) is 0 Å². The van der Waals surface area contributed by atoms with E-state index in [2.05, 4.69) is 10.1 Å². The number of methoxy groups -OCH3 is 1. The maximum atomic E-state index is 13.0. The average molecular weight is 420 g/mol. The Hall–Kier alpha value is -3.53. The van der Waals surface area contributed by atoms with Crippen molar-refractivity contribution < 1.29 is 27.8 Å². The number of nitrogens with two attached hydrogens (primary N) is 1. The summed E-state index contributed by atoms with van der Waals surface area (Å²) in [7, 11) is 2.75. The van der Waals surface area contributed by atoms with E-state index in [-0.39, 0.29) is 18.3 Å². The molecule has 0 saturated carbocycles. The number of carbonyl (C=O) groups is 2. The van der Waals surface area contributed by atoms with Gasteiger partial charge in [0.1, 0.15) is 12.4 Å². The summed E-state index contributed by atoms with van der Waals surface area (Å²) in [5.41, 5.74) is 6.87. The normalized spacial score (nSPS) is 11.6. The summed E-state index contributed by atoms with van der Waals surface area (Å²) in [6, 6.07) is 12.2. The molecule has 0 saturated heterocycles. The van der Waals surface area contributed by atoms with Crippen molar-refractivity contribution in [3.63, 3.8) is 0 Å². The molecule has 8 nitrogen and oxygen atoms in total. The number of ether oxygens (including phenoxy) is 2. The van der Waals surface area contributed by atoms with Gasteiger partial charge in [0.15, 0.2) is 5.96 Å². The van der Waals surface area contributed by atoms with Crippen LogP contribution in [0.4, 0.5) is 14.5 Å². The van der Waals surface area contributed by atoms with Crippen LogP contribution in [0.5, 0.6) is 5.75 Å². The molecule has 0 aromatic heterocycles. The molecule has 2 aromatic carbocycles. The lowest BCUT2D eigenvalue weighted by molar-refractivity contribution is -0.127. The van der Waals surface area contributed by atoms with E-state index >= 15 is 0 Å². The van der Waals surface area contributed by atoms with Crippen LogP contribution in [0.15, 0.2) is 48.5 Å². The zero-order valence-corrected chi connectivity index (χ0v) is 16.4. The first-order valence-corrected chi connectivity index (χ1v) is 8.78. The molecule has 0 bridgehead atoms. The predicted octanol–water partition coefficient (Wildman–Crippen LogP) is 2.36. The second-order valence-electron chi connectivity index (χ2n) is 6.27. The molecule has 160 valence electrons. The number of carbonyl (C=O) groups excluding carboxylic acids is 2. The fraction of sp³-hybridized carbons (Fsp3) is 0.250. The van der Waals surface area contributed by atoms with Crippen LogP contribution in [0.1, 0.15) is 17.0 Å². The van der Waals surface area contributed by atoms with E-state index in [0.29, 0.717) is 16.8 Å². The van der Waals surface area contributed by atoms with E-state index in [9.17, 15) is 18.4 Å². The lowest BCUT2D eigenvalue weighted by atomic mass is 9.89. The zero-order valence-electron chi connectivity index (χ0n) is 16.4. The number of benzene rings is 2. The lowest BCUT2D eigenvalue weighted by Gasteiger charge is -2.24. The van der Waals surface area contributed by atoms with Gasteiger partial charge in [-0.15, -0.1) is 0 Å². The second-order valence-corrected chi connectivity index (χ2v) is 6.27. The average Bonchev–Trinajstić information content (AvgIpc) is 2.68. The Balaban J connectivity index is 2.43. The fourth-order valence-corrected chi connectivity index (χ4v) is 2.76. The second kappa shape index (κ2) is 10.3. The molecule has 4 N–H and O–H groups in total. The summed E-state index contributed by atoms with van der Waals surface area (Å²) in [6.45, 7) is -3.10. The predicted molar refractivity (Wildman–Crippen MR) is 107 cm³/mol. The first kappa shape index (κ1) is 22.8. The van der Waals surface area contributed by atoms with Gasteiger partial charge >= 0.3 is 6.61 Å². The van der Waals surface area contributed by atoms with Crippen LogP contribution in [0, 0.1) is 5.41 Å². The number of nitrogens with zero attached hydrogens (tertiary/aromatic N) is 1. The molecule has 2 rings (SSSR count). The Morgan fingerprint density at radius 2 is 1.83 bits per heavy atom. The lowest BCUT2D eigenvalue weighted by Crippen LogP contribution is -2.41. The van der Waals surface area contributed by atoms with Crippen molar-refractivity contribution in [2.75, 3.05) is 26.1 Å². The van der Waals surface area contributed by atoms with Crippen LogP contribution in [0.25, 0.3) is 0 Å². The third-order valence-corrected chi connectivity index (χ3v) is 4.16. The minimum atomic E-state index is -2.97. The van der Waals surface area contributed by atoms with Gasteiger partial charge in [0.25, 0.3) is 0 Å². The number of hydrogen-bond donors (Lipinski definition) is 3. The van der Waals surface area contributed by atoms with Crippen molar-refractivity contribution in [2.45, 2.75) is 12.5 Å². The van der Waals surface area contributed by atoms with Gasteiger partial charge in [-0.25, -0.2) is 0 Å². The molecular formula is C20H22F2N4O4. The molecule has 1 unspecified atom stereocenters. The number of alkyl halides is 2. The number of rotatable bonds is 8. The van der Waals surface area contributed by atoms with Gasteiger partial charge in [-0.3, -0.25) is 19.9 Å². The third-order valence-electron chi connectivity index (χ3n) is 4.16. The maximum absolute atomic E-state index is 13.0. The summed E-state index contributed by atoms with van der Waals surface area (Å²) >= 11 is 0. The van der Waals surface area contributed by atoms with Crippen LogP contribution in [-0.4, -0.2) is 50.0 Å². The Kier molecular flexibility index (Phi) is 7.82. The Morgan fingerprint density at radius 3 is 2.40 bits per heavy atom. The number of hydrogen-bond acceptors (Lipinski definition) is 5. The molecule has 0 heterocycles. The Morgan fingerprint density at radius 1 is 1.17 bits per heavy atom. The van der Waals surface area contributed by atoms with Crippen molar-refractivity contribution in [3.8, 4) is 5.75 Å². The van der Waals surface area contributed by atoms with E-state index in [0.717, 1.165) is 4.90 Å². The number of likely N-dealkylation sites (N-methyl/N-ethyl adjacent to an activating group) is 1. The highest BCUT2D eigenvalue weighted by atomic mass is 19.3. The largest absolute Gasteiger partial charge is 0.435 e. The monoisotopic (exact) mass is 420 g/mol. The summed E-state index contributed by atoms with van der Waals surface area (Å²) in [4.78, 5) is 25.8. The zero-order chi connectivity index (χ0) is 22.3. The number of guanidine groups is 1. The number of amides is 2. The summed E-state index contributed by atoms with van der Waals surface area (Å²) in [5, 5.41) is 10.2. The highest BCUT2D eigenvalue weighted by Gasteiger charge is 2.27. The summed E-state index contributed by atoms with van der Waals surface area (Å²) in [6.07, 6.45) is 0. The molecule has 0 spiro atoms. The van der Waals surface area contributed by atoms with Gasteiger partial charge in [0, 0.05) is 19.8 Å². The van der Waals surface area contributed by atoms with E-state index in [1.807, 2.05) is 0 Å². The molecule has 2 aromatic rings. The first-order chi connectivity index (χ1) is 14.2.